The molecule has 1 rings (SSSR count). The lowest BCUT2D eigenvalue weighted by Gasteiger charge is -2.50. The second-order valence-electron chi connectivity index (χ2n) is 4.40. The van der Waals surface area contributed by atoms with Crippen LogP contribution in [0.3, 0.4) is 0 Å². The molecule has 0 radical (unpaired) electrons. The SMILES string of the molecule is CC1(C)C(CC(=O)O)CC1OC(=O)C=O. The van der Waals surface area contributed by atoms with E-state index in [0.717, 1.165) is 0 Å². The lowest BCUT2D eigenvalue weighted by atomic mass is 9.59. The van der Waals surface area contributed by atoms with Crippen LogP contribution in [-0.2, 0) is 19.1 Å². The van der Waals surface area contributed by atoms with Crippen LogP contribution in [-0.4, -0.2) is 29.4 Å². The predicted molar refractivity (Wildman–Crippen MR) is 50.1 cm³/mol. The Kier molecular flexibility index (Phi) is 3.12. The van der Waals surface area contributed by atoms with Gasteiger partial charge in [-0.3, -0.25) is 9.59 Å². The summed E-state index contributed by atoms with van der Waals surface area (Å²) in [6, 6.07) is 0. The Labute approximate surface area is 87.4 Å². The number of ether oxygens (including phenoxy) is 1. The van der Waals surface area contributed by atoms with Crippen molar-refractivity contribution in [2.45, 2.75) is 32.8 Å². The Morgan fingerprint density at radius 3 is 2.53 bits per heavy atom. The number of esters is 1. The van der Waals surface area contributed by atoms with Crippen LogP contribution >= 0.6 is 0 Å². The van der Waals surface area contributed by atoms with Crippen molar-refractivity contribution in [2.24, 2.45) is 11.3 Å². The van der Waals surface area contributed by atoms with E-state index in [-0.39, 0.29) is 30.1 Å². The summed E-state index contributed by atoms with van der Waals surface area (Å²) >= 11 is 0. The topological polar surface area (TPSA) is 80.7 Å². The van der Waals surface area contributed by atoms with Gasteiger partial charge in [-0.2, -0.15) is 0 Å². The van der Waals surface area contributed by atoms with E-state index in [1.165, 1.54) is 0 Å². The van der Waals surface area contributed by atoms with Crippen LogP contribution in [0.1, 0.15) is 26.7 Å². The summed E-state index contributed by atoms with van der Waals surface area (Å²) < 4.78 is 4.86. The summed E-state index contributed by atoms with van der Waals surface area (Å²) in [7, 11) is 0. The van der Waals surface area contributed by atoms with Gasteiger partial charge in [0.05, 0.1) is 0 Å². The summed E-state index contributed by atoms with van der Waals surface area (Å²) in [5, 5.41) is 8.63. The number of rotatable bonds is 4. The normalized spacial score (nSPS) is 27.6. The maximum Gasteiger partial charge on any atom is 0.371 e. The Morgan fingerprint density at radius 2 is 2.13 bits per heavy atom. The Balaban J connectivity index is 2.51. The average molecular weight is 214 g/mol. The highest BCUT2D eigenvalue weighted by Gasteiger charge is 2.51. The van der Waals surface area contributed by atoms with Crippen molar-refractivity contribution in [3.63, 3.8) is 0 Å². The van der Waals surface area contributed by atoms with Crippen LogP contribution in [0.4, 0.5) is 0 Å². The lowest BCUT2D eigenvalue weighted by molar-refractivity contribution is -0.179. The van der Waals surface area contributed by atoms with Crippen molar-refractivity contribution in [3.05, 3.63) is 0 Å². The highest BCUT2D eigenvalue weighted by Crippen LogP contribution is 2.49. The van der Waals surface area contributed by atoms with E-state index in [1.807, 2.05) is 13.8 Å². The van der Waals surface area contributed by atoms with Crippen molar-refractivity contribution in [3.8, 4) is 0 Å². The third kappa shape index (κ3) is 2.34. The molecule has 0 aromatic rings. The van der Waals surface area contributed by atoms with Gasteiger partial charge < -0.3 is 9.84 Å². The first-order valence-electron chi connectivity index (χ1n) is 4.75. The van der Waals surface area contributed by atoms with Crippen molar-refractivity contribution in [1.29, 1.82) is 0 Å². The zero-order valence-electron chi connectivity index (χ0n) is 8.73. The fraction of sp³-hybridized carbons (Fsp3) is 0.700. The van der Waals surface area contributed by atoms with Gasteiger partial charge in [0.25, 0.3) is 0 Å². The summed E-state index contributed by atoms with van der Waals surface area (Å²) in [4.78, 5) is 31.3. The summed E-state index contributed by atoms with van der Waals surface area (Å²) in [5.74, 6) is -1.74. The molecular formula is C10H14O5. The molecule has 15 heavy (non-hydrogen) atoms. The van der Waals surface area contributed by atoms with E-state index < -0.39 is 11.9 Å². The van der Waals surface area contributed by atoms with Gasteiger partial charge >= 0.3 is 11.9 Å². The van der Waals surface area contributed by atoms with Gasteiger partial charge in [0.1, 0.15) is 6.10 Å². The van der Waals surface area contributed by atoms with Gasteiger partial charge in [-0.15, -0.1) is 0 Å². The molecule has 0 heterocycles. The first kappa shape index (κ1) is 11.7. The first-order valence-corrected chi connectivity index (χ1v) is 4.75. The molecule has 1 saturated carbocycles. The molecular weight excluding hydrogens is 200 g/mol. The number of carboxylic acid groups (broad SMARTS) is 1. The van der Waals surface area contributed by atoms with Gasteiger partial charge in [-0.25, -0.2) is 4.79 Å². The minimum Gasteiger partial charge on any atom is -0.481 e. The molecule has 1 N–H and O–H groups in total. The maximum atomic E-state index is 10.7. The van der Waals surface area contributed by atoms with Crippen molar-refractivity contribution in [2.75, 3.05) is 0 Å². The standard InChI is InChI=1S/C10H14O5/c1-10(2)6(4-8(12)13)3-7(10)15-9(14)5-11/h5-7H,3-4H2,1-2H3,(H,12,13). The number of aldehydes is 1. The molecule has 1 fully saturated rings. The average Bonchev–Trinajstić information content (AvgIpc) is 2.15. The third-order valence-electron chi connectivity index (χ3n) is 3.16. The lowest BCUT2D eigenvalue weighted by Crippen LogP contribution is -2.52. The minimum atomic E-state index is -0.887. The Morgan fingerprint density at radius 1 is 1.53 bits per heavy atom. The number of hydrogen-bond acceptors (Lipinski definition) is 4. The molecule has 1 aliphatic rings. The van der Waals surface area contributed by atoms with Gasteiger partial charge in [0.2, 0.25) is 6.29 Å². The molecule has 0 aliphatic heterocycles. The quantitative estimate of drug-likeness (QED) is 0.421. The molecule has 0 spiro atoms. The van der Waals surface area contributed by atoms with Crippen molar-refractivity contribution < 1.29 is 24.2 Å². The largest absolute Gasteiger partial charge is 0.481 e. The molecule has 5 nitrogen and oxygen atoms in total. The summed E-state index contributed by atoms with van der Waals surface area (Å²) in [6.45, 7) is 3.68. The molecule has 5 heteroatoms. The van der Waals surface area contributed by atoms with Crippen LogP contribution in [0.25, 0.3) is 0 Å². The molecule has 0 aromatic heterocycles. The van der Waals surface area contributed by atoms with E-state index in [4.69, 9.17) is 9.84 Å². The molecule has 0 aromatic carbocycles. The first-order chi connectivity index (χ1) is 6.87. The van der Waals surface area contributed by atoms with E-state index in [9.17, 15) is 14.4 Å². The van der Waals surface area contributed by atoms with Crippen LogP contribution in [0, 0.1) is 11.3 Å². The van der Waals surface area contributed by atoms with E-state index in [0.29, 0.717) is 6.42 Å². The van der Waals surface area contributed by atoms with Gasteiger partial charge in [-0.1, -0.05) is 13.8 Å². The molecule has 84 valence electrons. The number of aliphatic carboxylic acids is 1. The van der Waals surface area contributed by atoms with Gasteiger partial charge in [0, 0.05) is 11.8 Å². The smallest absolute Gasteiger partial charge is 0.371 e. The summed E-state index contributed by atoms with van der Waals surface area (Å²) in [5.41, 5.74) is -0.364. The van der Waals surface area contributed by atoms with Crippen LogP contribution < -0.4 is 0 Å². The number of carboxylic acids is 1. The van der Waals surface area contributed by atoms with Gasteiger partial charge in [0.15, 0.2) is 0 Å². The number of hydrogen-bond donors (Lipinski definition) is 1. The third-order valence-corrected chi connectivity index (χ3v) is 3.16. The monoisotopic (exact) mass is 214 g/mol. The zero-order chi connectivity index (χ0) is 11.6. The fourth-order valence-electron chi connectivity index (χ4n) is 1.89. The second-order valence-corrected chi connectivity index (χ2v) is 4.40. The van der Waals surface area contributed by atoms with Crippen molar-refractivity contribution >= 4 is 18.2 Å². The van der Waals surface area contributed by atoms with E-state index in [1.54, 1.807) is 0 Å². The van der Waals surface area contributed by atoms with Crippen molar-refractivity contribution in [1.82, 2.24) is 0 Å². The second kappa shape index (κ2) is 4.00. The predicted octanol–water partition coefficient (Wildman–Crippen LogP) is 0.618. The molecule has 0 bridgehead atoms. The number of carbonyl (C=O) groups excluding carboxylic acids is 2. The summed E-state index contributed by atoms with van der Waals surface area (Å²) in [6.07, 6.45) is 0.362. The molecule has 2 atom stereocenters. The highest BCUT2D eigenvalue weighted by molar-refractivity contribution is 6.20. The molecule has 0 saturated heterocycles. The highest BCUT2D eigenvalue weighted by atomic mass is 16.5. The Bertz CT molecular complexity index is 294. The zero-order valence-corrected chi connectivity index (χ0v) is 8.73. The minimum absolute atomic E-state index is 0.000507. The van der Waals surface area contributed by atoms with Crippen LogP contribution in [0.5, 0.6) is 0 Å². The van der Waals surface area contributed by atoms with Gasteiger partial charge in [-0.05, 0) is 12.3 Å². The van der Waals surface area contributed by atoms with Crippen LogP contribution in [0.2, 0.25) is 0 Å². The molecule has 1 aliphatic carbocycles. The Hall–Kier alpha value is -1.39. The number of carbonyl (C=O) groups is 3. The van der Waals surface area contributed by atoms with E-state index >= 15 is 0 Å². The maximum absolute atomic E-state index is 10.7. The fourth-order valence-corrected chi connectivity index (χ4v) is 1.89. The molecule has 0 amide bonds. The molecule has 2 unspecified atom stereocenters. The van der Waals surface area contributed by atoms with Crippen LogP contribution in [0.15, 0.2) is 0 Å². The van der Waals surface area contributed by atoms with E-state index in [2.05, 4.69) is 0 Å².